The van der Waals surface area contributed by atoms with Crippen LogP contribution in [0.1, 0.15) is 46.0 Å². The standard InChI is InChI=1S/C12H28OSi/c1-6-7-8-9-10-12(2)11-13-14(3,4)5/h12H,6-11H2,1-5H3. The third kappa shape index (κ3) is 10.3. The van der Waals surface area contributed by atoms with E-state index in [1.165, 1.54) is 32.1 Å². The zero-order valence-electron chi connectivity index (χ0n) is 10.7. The minimum absolute atomic E-state index is 0.749. The van der Waals surface area contributed by atoms with Crippen LogP contribution in [0.4, 0.5) is 0 Å². The fourth-order valence-corrected chi connectivity index (χ4v) is 2.18. The van der Waals surface area contributed by atoms with Gasteiger partial charge in [0.15, 0.2) is 8.32 Å². The van der Waals surface area contributed by atoms with E-state index in [1.807, 2.05) is 0 Å². The maximum Gasteiger partial charge on any atom is 0.183 e. The van der Waals surface area contributed by atoms with Crippen LogP contribution in [0.2, 0.25) is 19.6 Å². The Hall–Kier alpha value is 0.177. The molecule has 1 unspecified atom stereocenters. The molecule has 0 rings (SSSR count). The van der Waals surface area contributed by atoms with Crippen LogP contribution in [-0.2, 0) is 4.43 Å². The first-order chi connectivity index (χ1) is 6.45. The van der Waals surface area contributed by atoms with Gasteiger partial charge in [0.05, 0.1) is 0 Å². The van der Waals surface area contributed by atoms with Gasteiger partial charge in [0, 0.05) is 6.61 Å². The highest BCUT2D eigenvalue weighted by atomic mass is 28.4. The summed E-state index contributed by atoms with van der Waals surface area (Å²) >= 11 is 0. The molecule has 0 aliphatic carbocycles. The minimum Gasteiger partial charge on any atom is -0.417 e. The van der Waals surface area contributed by atoms with E-state index >= 15 is 0 Å². The monoisotopic (exact) mass is 216 g/mol. The fraction of sp³-hybridized carbons (Fsp3) is 1.00. The Balaban J connectivity index is 3.32. The topological polar surface area (TPSA) is 9.23 Å². The van der Waals surface area contributed by atoms with Crippen LogP contribution in [0.5, 0.6) is 0 Å². The molecule has 2 heteroatoms. The highest BCUT2D eigenvalue weighted by Gasteiger charge is 2.15. The zero-order valence-corrected chi connectivity index (χ0v) is 11.7. The second kappa shape index (κ2) is 7.47. The van der Waals surface area contributed by atoms with Crippen molar-refractivity contribution in [1.29, 1.82) is 0 Å². The molecule has 0 heterocycles. The molecule has 0 N–H and O–H groups in total. The zero-order chi connectivity index (χ0) is 11.0. The smallest absolute Gasteiger partial charge is 0.183 e. The lowest BCUT2D eigenvalue weighted by Crippen LogP contribution is -2.27. The number of hydrogen-bond donors (Lipinski definition) is 0. The molecule has 0 amide bonds. The predicted molar refractivity (Wildman–Crippen MR) is 67.2 cm³/mol. The largest absolute Gasteiger partial charge is 0.417 e. The van der Waals surface area contributed by atoms with Crippen molar-refractivity contribution in [2.75, 3.05) is 6.61 Å². The summed E-state index contributed by atoms with van der Waals surface area (Å²) < 4.78 is 5.89. The van der Waals surface area contributed by atoms with Crippen molar-refractivity contribution < 1.29 is 4.43 Å². The van der Waals surface area contributed by atoms with Crippen molar-refractivity contribution >= 4 is 8.32 Å². The van der Waals surface area contributed by atoms with Crippen molar-refractivity contribution in [2.24, 2.45) is 5.92 Å². The van der Waals surface area contributed by atoms with Gasteiger partial charge in [0.25, 0.3) is 0 Å². The lowest BCUT2D eigenvalue weighted by Gasteiger charge is -2.20. The third-order valence-corrected chi connectivity index (χ3v) is 3.38. The van der Waals surface area contributed by atoms with E-state index in [1.54, 1.807) is 0 Å². The molecule has 0 fully saturated rings. The first-order valence-corrected chi connectivity index (χ1v) is 9.50. The lowest BCUT2D eigenvalue weighted by atomic mass is 10.0. The molecule has 0 aromatic heterocycles. The average Bonchev–Trinajstić information content (AvgIpc) is 2.08. The van der Waals surface area contributed by atoms with E-state index < -0.39 is 8.32 Å². The average molecular weight is 216 g/mol. The molecule has 0 bridgehead atoms. The molecule has 0 aromatic rings. The van der Waals surface area contributed by atoms with Gasteiger partial charge in [-0.25, -0.2) is 0 Å². The Morgan fingerprint density at radius 1 is 1.07 bits per heavy atom. The van der Waals surface area contributed by atoms with Crippen molar-refractivity contribution in [3.8, 4) is 0 Å². The van der Waals surface area contributed by atoms with Crippen LogP contribution in [0, 0.1) is 5.92 Å². The van der Waals surface area contributed by atoms with E-state index in [-0.39, 0.29) is 0 Å². The van der Waals surface area contributed by atoms with Crippen molar-refractivity contribution in [1.82, 2.24) is 0 Å². The summed E-state index contributed by atoms with van der Waals surface area (Å²) in [6.07, 6.45) is 6.84. The van der Waals surface area contributed by atoms with E-state index in [2.05, 4.69) is 33.5 Å². The maximum absolute atomic E-state index is 5.89. The van der Waals surface area contributed by atoms with Crippen LogP contribution in [-0.4, -0.2) is 14.9 Å². The van der Waals surface area contributed by atoms with Gasteiger partial charge < -0.3 is 4.43 Å². The molecule has 14 heavy (non-hydrogen) atoms. The molecule has 86 valence electrons. The fourth-order valence-electron chi connectivity index (χ4n) is 1.40. The lowest BCUT2D eigenvalue weighted by molar-refractivity contribution is 0.243. The Kier molecular flexibility index (Phi) is 7.56. The first kappa shape index (κ1) is 14.2. The maximum atomic E-state index is 5.89. The summed E-state index contributed by atoms with van der Waals surface area (Å²) in [4.78, 5) is 0. The van der Waals surface area contributed by atoms with Crippen LogP contribution in [0.25, 0.3) is 0 Å². The molecule has 0 spiro atoms. The van der Waals surface area contributed by atoms with Crippen molar-refractivity contribution in [2.45, 2.75) is 65.6 Å². The highest BCUT2D eigenvalue weighted by molar-refractivity contribution is 6.69. The van der Waals surface area contributed by atoms with E-state index in [4.69, 9.17) is 4.43 Å². The Labute approximate surface area is 91.4 Å². The Bertz CT molecular complexity index is 129. The highest BCUT2D eigenvalue weighted by Crippen LogP contribution is 2.13. The third-order valence-electron chi connectivity index (χ3n) is 2.35. The van der Waals surface area contributed by atoms with Crippen LogP contribution in [0.15, 0.2) is 0 Å². The molecule has 1 atom stereocenters. The van der Waals surface area contributed by atoms with Gasteiger partial charge in [0.1, 0.15) is 0 Å². The molecular weight excluding hydrogens is 188 g/mol. The van der Waals surface area contributed by atoms with Crippen molar-refractivity contribution in [3.05, 3.63) is 0 Å². The molecule has 0 aliphatic heterocycles. The van der Waals surface area contributed by atoms with Gasteiger partial charge in [0.2, 0.25) is 0 Å². The molecule has 0 aromatic carbocycles. The summed E-state index contributed by atoms with van der Waals surface area (Å²) in [5.74, 6) is 0.749. The van der Waals surface area contributed by atoms with Gasteiger partial charge in [-0.05, 0) is 32.0 Å². The Morgan fingerprint density at radius 3 is 2.21 bits per heavy atom. The minimum atomic E-state index is -1.27. The predicted octanol–water partition coefficient (Wildman–Crippen LogP) is 4.44. The van der Waals surface area contributed by atoms with E-state index in [9.17, 15) is 0 Å². The molecule has 0 saturated heterocycles. The summed E-state index contributed by atoms with van der Waals surface area (Å²) in [5, 5.41) is 0. The van der Waals surface area contributed by atoms with E-state index in [0.29, 0.717) is 0 Å². The van der Waals surface area contributed by atoms with Gasteiger partial charge in [-0.3, -0.25) is 0 Å². The molecular formula is C12H28OSi. The van der Waals surface area contributed by atoms with Gasteiger partial charge in [-0.15, -0.1) is 0 Å². The van der Waals surface area contributed by atoms with Gasteiger partial charge in [-0.1, -0.05) is 39.5 Å². The molecule has 0 aliphatic rings. The summed E-state index contributed by atoms with van der Waals surface area (Å²) in [6.45, 7) is 12.3. The Morgan fingerprint density at radius 2 is 1.71 bits per heavy atom. The first-order valence-electron chi connectivity index (χ1n) is 6.09. The molecule has 0 saturated carbocycles. The normalized spacial score (nSPS) is 14.4. The SMILES string of the molecule is CCCCCCC(C)CO[Si](C)(C)C. The molecule has 1 nitrogen and oxygen atoms in total. The van der Waals surface area contributed by atoms with Gasteiger partial charge >= 0.3 is 0 Å². The van der Waals surface area contributed by atoms with Crippen LogP contribution in [0.3, 0.4) is 0 Å². The van der Waals surface area contributed by atoms with Crippen LogP contribution < -0.4 is 0 Å². The number of hydrogen-bond acceptors (Lipinski definition) is 1. The van der Waals surface area contributed by atoms with Gasteiger partial charge in [-0.2, -0.15) is 0 Å². The number of rotatable bonds is 8. The van der Waals surface area contributed by atoms with Crippen molar-refractivity contribution in [3.63, 3.8) is 0 Å². The summed E-state index contributed by atoms with van der Waals surface area (Å²) in [7, 11) is -1.27. The van der Waals surface area contributed by atoms with Crippen LogP contribution >= 0.6 is 0 Å². The summed E-state index contributed by atoms with van der Waals surface area (Å²) in [5.41, 5.74) is 0. The second-order valence-electron chi connectivity index (χ2n) is 5.38. The number of unbranched alkanes of at least 4 members (excludes halogenated alkanes) is 3. The van der Waals surface area contributed by atoms with E-state index in [0.717, 1.165) is 12.5 Å². The summed E-state index contributed by atoms with van der Waals surface area (Å²) in [6, 6.07) is 0. The second-order valence-corrected chi connectivity index (χ2v) is 9.89. The quantitative estimate of drug-likeness (QED) is 0.430. The molecule has 0 radical (unpaired) electrons.